The summed E-state index contributed by atoms with van der Waals surface area (Å²) in [5.41, 5.74) is 2.00. The number of anilines is 1. The molecule has 0 bridgehead atoms. The molecule has 1 amide bonds. The molecular formula is C17H14BrNO3. The molecule has 0 aliphatic rings. The predicted octanol–water partition coefficient (Wildman–Crippen LogP) is 3.86. The molecule has 0 aliphatic heterocycles. The van der Waals surface area contributed by atoms with Crippen LogP contribution in [0.1, 0.15) is 11.1 Å². The Hall–Kier alpha value is -2.40. The summed E-state index contributed by atoms with van der Waals surface area (Å²) in [5.74, 6) is -1.87. The van der Waals surface area contributed by atoms with Gasteiger partial charge in [0.2, 0.25) is 5.78 Å². The Labute approximate surface area is 136 Å². The first-order chi connectivity index (χ1) is 10.5. The van der Waals surface area contributed by atoms with Gasteiger partial charge < -0.3 is 10.4 Å². The number of aryl methyl sites for hydroxylation is 1. The number of amides is 1. The molecule has 0 atom stereocenters. The van der Waals surface area contributed by atoms with Gasteiger partial charge in [0, 0.05) is 21.8 Å². The molecule has 4 nitrogen and oxygen atoms in total. The van der Waals surface area contributed by atoms with Crippen LogP contribution in [0.2, 0.25) is 0 Å². The molecule has 0 saturated heterocycles. The molecule has 2 aromatic rings. The lowest BCUT2D eigenvalue weighted by Gasteiger charge is -2.05. The van der Waals surface area contributed by atoms with Gasteiger partial charge in [-0.25, -0.2) is 0 Å². The minimum Gasteiger partial charge on any atom is -0.507 e. The van der Waals surface area contributed by atoms with Gasteiger partial charge in [0.1, 0.15) is 5.76 Å². The maximum absolute atomic E-state index is 11.8. The van der Waals surface area contributed by atoms with Crippen molar-refractivity contribution >= 4 is 39.1 Å². The number of carbonyl (C=O) groups is 2. The summed E-state index contributed by atoms with van der Waals surface area (Å²) in [6.07, 6.45) is 0.911. The Morgan fingerprint density at radius 3 is 2.45 bits per heavy atom. The molecule has 0 unspecified atom stereocenters. The molecule has 2 N–H and O–H groups in total. The number of hydrogen-bond acceptors (Lipinski definition) is 3. The van der Waals surface area contributed by atoms with Crippen molar-refractivity contribution in [3.8, 4) is 0 Å². The van der Waals surface area contributed by atoms with Crippen LogP contribution in [-0.4, -0.2) is 16.8 Å². The monoisotopic (exact) mass is 359 g/mol. The third kappa shape index (κ3) is 4.05. The van der Waals surface area contributed by atoms with Gasteiger partial charge in [-0.2, -0.15) is 0 Å². The van der Waals surface area contributed by atoms with Crippen LogP contribution in [0.5, 0.6) is 0 Å². The van der Waals surface area contributed by atoms with Crippen molar-refractivity contribution in [1.82, 2.24) is 0 Å². The van der Waals surface area contributed by atoms with Crippen LogP contribution in [0.4, 0.5) is 5.69 Å². The number of rotatable bonds is 4. The van der Waals surface area contributed by atoms with Gasteiger partial charge >= 0.3 is 0 Å². The van der Waals surface area contributed by atoms with E-state index in [4.69, 9.17) is 0 Å². The number of halogens is 1. The molecule has 22 heavy (non-hydrogen) atoms. The number of aliphatic hydroxyl groups excluding tert-OH is 1. The van der Waals surface area contributed by atoms with Gasteiger partial charge in [0.25, 0.3) is 5.91 Å². The van der Waals surface area contributed by atoms with Crippen LogP contribution in [0.15, 0.2) is 59.1 Å². The summed E-state index contributed by atoms with van der Waals surface area (Å²) < 4.78 is 0.834. The highest BCUT2D eigenvalue weighted by molar-refractivity contribution is 9.10. The number of aliphatic hydroxyl groups is 1. The zero-order valence-electron chi connectivity index (χ0n) is 11.8. The lowest BCUT2D eigenvalue weighted by atomic mass is 10.1. The van der Waals surface area contributed by atoms with E-state index >= 15 is 0 Å². The van der Waals surface area contributed by atoms with Gasteiger partial charge in [-0.3, -0.25) is 9.59 Å². The van der Waals surface area contributed by atoms with Gasteiger partial charge in [0.15, 0.2) is 0 Å². The fourth-order valence-corrected chi connectivity index (χ4v) is 2.12. The Balaban J connectivity index is 2.09. The SMILES string of the molecule is Cc1ccc(NC(=O)C(=O)C=C(O)c2ccccc2)cc1Br. The Bertz CT molecular complexity index is 739. The summed E-state index contributed by atoms with van der Waals surface area (Å²) in [4.78, 5) is 23.7. The van der Waals surface area contributed by atoms with E-state index in [2.05, 4.69) is 21.2 Å². The first kappa shape index (κ1) is 16.0. The molecule has 0 heterocycles. The summed E-state index contributed by atoms with van der Waals surface area (Å²) in [5, 5.41) is 12.3. The smallest absolute Gasteiger partial charge is 0.296 e. The van der Waals surface area contributed by atoms with Gasteiger partial charge in [0.05, 0.1) is 0 Å². The average Bonchev–Trinajstić information content (AvgIpc) is 2.51. The third-order valence-corrected chi connectivity index (χ3v) is 3.85. The molecule has 0 radical (unpaired) electrons. The van der Waals surface area contributed by atoms with Crippen LogP contribution >= 0.6 is 15.9 Å². The van der Waals surface area contributed by atoms with E-state index in [0.717, 1.165) is 16.1 Å². The molecule has 2 rings (SSSR count). The van der Waals surface area contributed by atoms with Crippen molar-refractivity contribution in [1.29, 1.82) is 0 Å². The minimum atomic E-state index is -0.821. The largest absolute Gasteiger partial charge is 0.507 e. The normalized spacial score (nSPS) is 11.1. The summed E-state index contributed by atoms with van der Waals surface area (Å²) >= 11 is 3.36. The second-order valence-electron chi connectivity index (χ2n) is 4.68. The van der Waals surface area contributed by atoms with Crippen molar-refractivity contribution in [2.75, 3.05) is 5.32 Å². The maximum atomic E-state index is 11.8. The Morgan fingerprint density at radius 2 is 1.82 bits per heavy atom. The van der Waals surface area contributed by atoms with E-state index < -0.39 is 11.7 Å². The molecule has 0 fully saturated rings. The molecule has 5 heteroatoms. The summed E-state index contributed by atoms with van der Waals surface area (Å²) in [7, 11) is 0. The van der Waals surface area contributed by atoms with Crippen molar-refractivity contribution in [2.45, 2.75) is 6.92 Å². The maximum Gasteiger partial charge on any atom is 0.296 e. The highest BCUT2D eigenvalue weighted by atomic mass is 79.9. The number of ketones is 1. The van der Waals surface area contributed by atoms with E-state index in [-0.39, 0.29) is 5.76 Å². The highest BCUT2D eigenvalue weighted by Crippen LogP contribution is 2.20. The van der Waals surface area contributed by atoms with Crippen LogP contribution in [-0.2, 0) is 9.59 Å². The third-order valence-electron chi connectivity index (χ3n) is 2.99. The van der Waals surface area contributed by atoms with Crippen LogP contribution in [0.25, 0.3) is 5.76 Å². The van der Waals surface area contributed by atoms with Crippen LogP contribution in [0.3, 0.4) is 0 Å². The lowest BCUT2D eigenvalue weighted by molar-refractivity contribution is -0.131. The second kappa shape index (κ2) is 7.04. The molecule has 112 valence electrons. The van der Waals surface area contributed by atoms with Crippen molar-refractivity contribution in [3.05, 3.63) is 70.2 Å². The standard InChI is InChI=1S/C17H14BrNO3/c1-11-7-8-13(9-14(11)18)19-17(22)16(21)10-15(20)12-5-3-2-4-6-12/h2-10,20H,1H3,(H,19,22). The Morgan fingerprint density at radius 1 is 1.14 bits per heavy atom. The van der Waals surface area contributed by atoms with Crippen molar-refractivity contribution in [3.63, 3.8) is 0 Å². The number of benzene rings is 2. The van der Waals surface area contributed by atoms with Crippen LogP contribution in [0, 0.1) is 6.92 Å². The fourth-order valence-electron chi connectivity index (χ4n) is 1.75. The minimum absolute atomic E-state index is 0.245. The molecular weight excluding hydrogens is 346 g/mol. The number of hydrogen-bond donors (Lipinski definition) is 2. The van der Waals surface area contributed by atoms with Gasteiger partial charge in [-0.1, -0.05) is 52.3 Å². The van der Waals surface area contributed by atoms with E-state index in [0.29, 0.717) is 11.3 Å². The average molecular weight is 360 g/mol. The zero-order chi connectivity index (χ0) is 16.1. The van der Waals surface area contributed by atoms with Gasteiger partial charge in [-0.15, -0.1) is 0 Å². The number of nitrogens with one attached hydrogen (secondary N) is 1. The predicted molar refractivity (Wildman–Crippen MR) is 89.6 cm³/mol. The highest BCUT2D eigenvalue weighted by Gasteiger charge is 2.13. The molecule has 2 aromatic carbocycles. The Kier molecular flexibility index (Phi) is 5.12. The van der Waals surface area contributed by atoms with E-state index in [9.17, 15) is 14.7 Å². The first-order valence-electron chi connectivity index (χ1n) is 6.55. The molecule has 0 aliphatic carbocycles. The molecule has 0 saturated carbocycles. The van der Waals surface area contributed by atoms with E-state index in [1.165, 1.54) is 0 Å². The molecule has 0 spiro atoms. The quantitative estimate of drug-likeness (QED) is 0.494. The van der Waals surface area contributed by atoms with Gasteiger partial charge in [-0.05, 0) is 24.6 Å². The topological polar surface area (TPSA) is 66.4 Å². The zero-order valence-corrected chi connectivity index (χ0v) is 13.4. The fraction of sp³-hybridized carbons (Fsp3) is 0.0588. The van der Waals surface area contributed by atoms with E-state index in [1.807, 2.05) is 13.0 Å². The number of carbonyl (C=O) groups excluding carboxylic acids is 2. The second-order valence-corrected chi connectivity index (χ2v) is 5.53. The van der Waals surface area contributed by atoms with Crippen molar-refractivity contribution in [2.24, 2.45) is 0 Å². The summed E-state index contributed by atoms with van der Waals surface area (Å²) in [6, 6.07) is 13.8. The first-order valence-corrected chi connectivity index (χ1v) is 7.34. The molecule has 0 aromatic heterocycles. The summed E-state index contributed by atoms with van der Waals surface area (Å²) in [6.45, 7) is 1.92. The lowest BCUT2D eigenvalue weighted by Crippen LogP contribution is -2.21. The van der Waals surface area contributed by atoms with Crippen molar-refractivity contribution < 1.29 is 14.7 Å². The van der Waals surface area contributed by atoms with Crippen LogP contribution < -0.4 is 5.32 Å². The van der Waals surface area contributed by atoms with E-state index in [1.54, 1.807) is 42.5 Å².